The smallest absolute Gasteiger partial charge is 0.0782 e. The van der Waals surface area contributed by atoms with Crippen molar-refractivity contribution in [2.75, 3.05) is 6.54 Å². The molecule has 0 amide bonds. The Morgan fingerprint density at radius 2 is 2.00 bits per heavy atom. The van der Waals surface area contributed by atoms with Crippen molar-refractivity contribution in [2.24, 2.45) is 0 Å². The van der Waals surface area contributed by atoms with Gasteiger partial charge in [0.05, 0.1) is 11.4 Å². The van der Waals surface area contributed by atoms with Crippen molar-refractivity contribution >= 4 is 10.9 Å². The van der Waals surface area contributed by atoms with Crippen molar-refractivity contribution in [3.8, 4) is 0 Å². The summed E-state index contributed by atoms with van der Waals surface area (Å²) in [7, 11) is 0. The molecule has 1 atom stereocenters. The number of nitrogens with one attached hydrogen (secondary N) is 2. The fraction of sp³-hybridized carbons (Fsp3) is 0.294. The van der Waals surface area contributed by atoms with Crippen molar-refractivity contribution in [1.29, 1.82) is 0 Å². The Kier molecular flexibility index (Phi) is 3.97. The number of hydrogen-bond donors (Lipinski definition) is 2. The normalized spacial score (nSPS) is 12.7. The molecule has 21 heavy (non-hydrogen) atoms. The molecular formula is C17H20N4. The number of aromatic amines is 1. The summed E-state index contributed by atoms with van der Waals surface area (Å²) in [5.74, 6) is 0. The lowest BCUT2D eigenvalue weighted by Crippen LogP contribution is -2.23. The second kappa shape index (κ2) is 6.06. The maximum Gasteiger partial charge on any atom is 0.0782 e. The Labute approximate surface area is 124 Å². The zero-order valence-electron chi connectivity index (χ0n) is 12.4. The van der Waals surface area contributed by atoms with Crippen LogP contribution in [0.2, 0.25) is 0 Å². The van der Waals surface area contributed by atoms with Crippen molar-refractivity contribution in [3.63, 3.8) is 0 Å². The second-order valence-electron chi connectivity index (χ2n) is 5.31. The molecule has 0 saturated carbocycles. The molecule has 1 unspecified atom stereocenters. The largest absolute Gasteiger partial charge is 0.361 e. The molecule has 0 spiro atoms. The van der Waals surface area contributed by atoms with Crippen LogP contribution in [-0.2, 0) is 6.42 Å². The monoisotopic (exact) mass is 280 g/mol. The molecule has 0 fully saturated rings. The van der Waals surface area contributed by atoms with Gasteiger partial charge in [-0.25, -0.2) is 0 Å². The van der Waals surface area contributed by atoms with Crippen molar-refractivity contribution in [1.82, 2.24) is 20.3 Å². The number of rotatable bonds is 5. The van der Waals surface area contributed by atoms with E-state index in [0.29, 0.717) is 0 Å². The zero-order valence-corrected chi connectivity index (χ0v) is 12.4. The highest BCUT2D eigenvalue weighted by atomic mass is 14.9. The topological polar surface area (TPSA) is 53.6 Å². The molecule has 0 radical (unpaired) electrons. The third-order valence-electron chi connectivity index (χ3n) is 3.85. The van der Waals surface area contributed by atoms with Gasteiger partial charge in [-0.1, -0.05) is 18.2 Å². The summed E-state index contributed by atoms with van der Waals surface area (Å²) >= 11 is 0. The van der Waals surface area contributed by atoms with Gasteiger partial charge in [0.15, 0.2) is 0 Å². The predicted molar refractivity (Wildman–Crippen MR) is 85.2 cm³/mol. The molecule has 0 saturated heterocycles. The van der Waals surface area contributed by atoms with E-state index in [4.69, 9.17) is 0 Å². The van der Waals surface area contributed by atoms with E-state index in [1.54, 1.807) is 12.4 Å². The van der Waals surface area contributed by atoms with E-state index in [9.17, 15) is 0 Å². The number of aryl methyl sites for hydroxylation is 1. The lowest BCUT2D eigenvalue weighted by Gasteiger charge is -2.14. The molecule has 2 aromatic heterocycles. The van der Waals surface area contributed by atoms with Gasteiger partial charge in [-0.05, 0) is 38.4 Å². The van der Waals surface area contributed by atoms with Gasteiger partial charge in [-0.2, -0.15) is 0 Å². The minimum Gasteiger partial charge on any atom is -0.361 e. The van der Waals surface area contributed by atoms with E-state index in [2.05, 4.69) is 57.7 Å². The summed E-state index contributed by atoms with van der Waals surface area (Å²) in [4.78, 5) is 12.0. The SMILES string of the molecule is Cc1nccnc1C(C)NCCc1c[nH]c2ccccc12. The summed E-state index contributed by atoms with van der Waals surface area (Å²) in [6, 6.07) is 8.62. The molecule has 2 heterocycles. The van der Waals surface area contributed by atoms with Crippen LogP contribution in [0.4, 0.5) is 0 Å². The van der Waals surface area contributed by atoms with E-state index in [0.717, 1.165) is 24.4 Å². The number of H-pyrrole nitrogens is 1. The van der Waals surface area contributed by atoms with Crippen molar-refractivity contribution in [3.05, 3.63) is 59.8 Å². The molecule has 0 bridgehead atoms. The summed E-state index contributed by atoms with van der Waals surface area (Å²) in [6.07, 6.45) is 6.58. The van der Waals surface area contributed by atoms with Crippen LogP contribution in [0.15, 0.2) is 42.9 Å². The van der Waals surface area contributed by atoms with Gasteiger partial charge in [-0.15, -0.1) is 0 Å². The first kappa shape index (κ1) is 13.8. The highest BCUT2D eigenvalue weighted by Crippen LogP contribution is 2.18. The lowest BCUT2D eigenvalue weighted by atomic mass is 10.1. The highest BCUT2D eigenvalue weighted by Gasteiger charge is 2.10. The van der Waals surface area contributed by atoms with Crippen LogP contribution in [0.1, 0.15) is 29.9 Å². The van der Waals surface area contributed by atoms with E-state index in [-0.39, 0.29) is 6.04 Å². The first-order valence-electron chi connectivity index (χ1n) is 7.31. The number of aromatic nitrogens is 3. The Bertz CT molecular complexity index is 732. The van der Waals surface area contributed by atoms with Gasteiger partial charge in [0, 0.05) is 35.5 Å². The maximum absolute atomic E-state index is 4.41. The molecule has 1 aromatic carbocycles. The average molecular weight is 280 g/mol. The molecule has 0 aliphatic rings. The van der Waals surface area contributed by atoms with E-state index in [1.807, 2.05) is 6.92 Å². The first-order valence-corrected chi connectivity index (χ1v) is 7.31. The van der Waals surface area contributed by atoms with Crippen LogP contribution < -0.4 is 5.32 Å². The van der Waals surface area contributed by atoms with Crippen LogP contribution in [0.5, 0.6) is 0 Å². The zero-order chi connectivity index (χ0) is 14.7. The molecule has 4 nitrogen and oxygen atoms in total. The fourth-order valence-corrected chi connectivity index (χ4v) is 2.70. The molecule has 3 rings (SSSR count). The minimum absolute atomic E-state index is 0.212. The quantitative estimate of drug-likeness (QED) is 0.755. The summed E-state index contributed by atoms with van der Waals surface area (Å²) in [6.45, 7) is 5.05. The van der Waals surface area contributed by atoms with Gasteiger partial charge in [0.2, 0.25) is 0 Å². The number of fused-ring (bicyclic) bond motifs is 1. The Hall–Kier alpha value is -2.20. The molecular weight excluding hydrogens is 260 g/mol. The van der Waals surface area contributed by atoms with Crippen molar-refractivity contribution < 1.29 is 0 Å². The Balaban J connectivity index is 1.62. The summed E-state index contributed by atoms with van der Waals surface area (Å²) < 4.78 is 0. The third-order valence-corrected chi connectivity index (χ3v) is 3.85. The lowest BCUT2D eigenvalue weighted by molar-refractivity contribution is 0.559. The minimum atomic E-state index is 0.212. The number of hydrogen-bond acceptors (Lipinski definition) is 3. The van der Waals surface area contributed by atoms with Gasteiger partial charge in [0.1, 0.15) is 0 Å². The molecule has 3 aromatic rings. The molecule has 0 aliphatic heterocycles. The summed E-state index contributed by atoms with van der Waals surface area (Å²) in [5.41, 5.74) is 4.56. The highest BCUT2D eigenvalue weighted by molar-refractivity contribution is 5.83. The van der Waals surface area contributed by atoms with Gasteiger partial charge < -0.3 is 10.3 Å². The van der Waals surface area contributed by atoms with E-state index >= 15 is 0 Å². The van der Waals surface area contributed by atoms with Crippen LogP contribution in [0.25, 0.3) is 10.9 Å². The molecule has 2 N–H and O–H groups in total. The van der Waals surface area contributed by atoms with Crippen LogP contribution in [-0.4, -0.2) is 21.5 Å². The van der Waals surface area contributed by atoms with E-state index in [1.165, 1.54) is 16.5 Å². The number of benzene rings is 1. The predicted octanol–water partition coefficient (Wildman–Crippen LogP) is 3.16. The number of nitrogens with zero attached hydrogens (tertiary/aromatic N) is 2. The molecule has 4 heteroatoms. The Morgan fingerprint density at radius 3 is 2.86 bits per heavy atom. The number of para-hydroxylation sites is 1. The van der Waals surface area contributed by atoms with Crippen LogP contribution >= 0.6 is 0 Å². The van der Waals surface area contributed by atoms with E-state index < -0.39 is 0 Å². The van der Waals surface area contributed by atoms with Gasteiger partial charge >= 0.3 is 0 Å². The standard InChI is InChI=1S/C17H20N4/c1-12(17-13(2)19-9-10-20-17)18-8-7-14-11-21-16-6-4-3-5-15(14)16/h3-6,9-12,18,21H,7-8H2,1-2H3. The van der Waals surface area contributed by atoms with Crippen LogP contribution in [0, 0.1) is 6.92 Å². The maximum atomic E-state index is 4.41. The molecule has 0 aliphatic carbocycles. The third kappa shape index (κ3) is 2.95. The van der Waals surface area contributed by atoms with Crippen molar-refractivity contribution in [2.45, 2.75) is 26.3 Å². The van der Waals surface area contributed by atoms with Gasteiger partial charge in [0.25, 0.3) is 0 Å². The molecule has 108 valence electrons. The first-order chi connectivity index (χ1) is 10.3. The van der Waals surface area contributed by atoms with Crippen LogP contribution in [0.3, 0.4) is 0 Å². The Morgan fingerprint density at radius 1 is 1.19 bits per heavy atom. The fourth-order valence-electron chi connectivity index (χ4n) is 2.70. The second-order valence-corrected chi connectivity index (χ2v) is 5.31. The average Bonchev–Trinajstić information content (AvgIpc) is 2.91. The van der Waals surface area contributed by atoms with Gasteiger partial charge in [-0.3, -0.25) is 9.97 Å². The summed E-state index contributed by atoms with van der Waals surface area (Å²) in [5, 5.41) is 4.83.